The predicted octanol–water partition coefficient (Wildman–Crippen LogP) is 0.523. The lowest BCUT2D eigenvalue weighted by atomic mass is 10.1. The van der Waals surface area contributed by atoms with Gasteiger partial charge in [0.15, 0.2) is 0 Å². The van der Waals surface area contributed by atoms with Crippen LogP contribution in [-0.2, 0) is 25.7 Å². The van der Waals surface area contributed by atoms with E-state index < -0.39 is 36.4 Å². The molecular weight excluding hydrogens is 300 g/mol. The van der Waals surface area contributed by atoms with E-state index in [0.717, 1.165) is 5.56 Å². The second-order valence-corrected chi connectivity index (χ2v) is 5.49. The molecule has 2 atom stereocenters. The minimum atomic E-state index is -1.15. The van der Waals surface area contributed by atoms with E-state index in [9.17, 15) is 14.4 Å². The number of likely N-dealkylation sites (tertiary alicyclic amines) is 1. The zero-order chi connectivity index (χ0) is 16.8. The fourth-order valence-electron chi connectivity index (χ4n) is 2.59. The number of carbonyl (C=O) groups excluding carboxylic acids is 2. The average Bonchev–Trinajstić information content (AvgIpc) is 3.01. The van der Waals surface area contributed by atoms with Crippen molar-refractivity contribution < 1.29 is 24.2 Å². The topological polar surface area (TPSA) is 110 Å². The number of hydrogen-bond donors (Lipinski definition) is 2. The number of benzene rings is 1. The normalized spacial score (nSPS) is 18.5. The first-order valence-corrected chi connectivity index (χ1v) is 7.47. The molecule has 1 saturated heterocycles. The van der Waals surface area contributed by atoms with Crippen LogP contribution in [0.3, 0.4) is 0 Å². The summed E-state index contributed by atoms with van der Waals surface area (Å²) in [5, 5.41) is 8.72. The van der Waals surface area contributed by atoms with Crippen LogP contribution in [-0.4, -0.2) is 46.5 Å². The molecule has 1 heterocycles. The van der Waals surface area contributed by atoms with Crippen LogP contribution in [0.1, 0.15) is 24.8 Å². The molecule has 2 rings (SSSR count). The van der Waals surface area contributed by atoms with Crippen molar-refractivity contribution in [3.8, 4) is 0 Å². The van der Waals surface area contributed by atoms with E-state index in [2.05, 4.69) is 0 Å². The monoisotopic (exact) mass is 320 g/mol. The molecule has 0 radical (unpaired) electrons. The number of aliphatic carboxylic acids is 1. The first-order valence-electron chi connectivity index (χ1n) is 7.47. The largest absolute Gasteiger partial charge is 0.481 e. The molecule has 124 valence electrons. The second-order valence-electron chi connectivity index (χ2n) is 5.49. The van der Waals surface area contributed by atoms with Crippen molar-refractivity contribution in [3.63, 3.8) is 0 Å². The molecule has 1 aliphatic rings. The van der Waals surface area contributed by atoms with Crippen LogP contribution >= 0.6 is 0 Å². The summed E-state index contributed by atoms with van der Waals surface area (Å²) in [6, 6.07) is 7.41. The molecule has 0 unspecified atom stereocenters. The quantitative estimate of drug-likeness (QED) is 0.740. The first kappa shape index (κ1) is 17.0. The van der Waals surface area contributed by atoms with Crippen LogP contribution in [0.4, 0.5) is 0 Å². The molecule has 1 fully saturated rings. The molecule has 3 N–H and O–H groups in total. The van der Waals surface area contributed by atoms with Crippen LogP contribution in [0.2, 0.25) is 0 Å². The molecule has 0 aliphatic carbocycles. The van der Waals surface area contributed by atoms with E-state index in [1.165, 1.54) is 4.90 Å². The van der Waals surface area contributed by atoms with Gasteiger partial charge in [0.25, 0.3) is 0 Å². The average molecular weight is 320 g/mol. The Balaban J connectivity index is 1.93. The van der Waals surface area contributed by atoms with Gasteiger partial charge in [-0.3, -0.25) is 9.59 Å². The Morgan fingerprint density at radius 1 is 1.30 bits per heavy atom. The standard InChI is InChI=1S/C16H20N2O5/c17-12(9-14(19)20)15(21)18-8-4-7-13(18)16(22)23-10-11-5-2-1-3-6-11/h1-3,5-6,12-13H,4,7-10,17H2,(H,19,20)/t12-,13-/m0/s1. The summed E-state index contributed by atoms with van der Waals surface area (Å²) >= 11 is 0. The Bertz CT molecular complexity index is 575. The maximum absolute atomic E-state index is 12.2. The summed E-state index contributed by atoms with van der Waals surface area (Å²) < 4.78 is 5.26. The highest BCUT2D eigenvalue weighted by molar-refractivity contribution is 5.90. The number of carboxylic acid groups (broad SMARTS) is 1. The van der Waals surface area contributed by atoms with E-state index in [0.29, 0.717) is 19.4 Å². The summed E-state index contributed by atoms with van der Waals surface area (Å²) in [4.78, 5) is 36.4. The van der Waals surface area contributed by atoms with Crippen LogP contribution in [0.15, 0.2) is 30.3 Å². The number of carbonyl (C=O) groups is 3. The van der Waals surface area contributed by atoms with Gasteiger partial charge in [0.05, 0.1) is 12.5 Å². The van der Waals surface area contributed by atoms with Gasteiger partial charge in [-0.15, -0.1) is 0 Å². The number of nitrogens with two attached hydrogens (primary N) is 1. The van der Waals surface area contributed by atoms with Gasteiger partial charge in [0.2, 0.25) is 5.91 Å². The van der Waals surface area contributed by atoms with Crippen LogP contribution in [0.25, 0.3) is 0 Å². The third-order valence-corrected chi connectivity index (χ3v) is 3.74. The third kappa shape index (κ3) is 4.53. The van der Waals surface area contributed by atoms with Gasteiger partial charge in [0, 0.05) is 6.54 Å². The molecule has 0 aromatic heterocycles. The summed E-state index contributed by atoms with van der Waals surface area (Å²) in [5.74, 6) is -2.15. The van der Waals surface area contributed by atoms with Gasteiger partial charge in [-0.25, -0.2) is 4.79 Å². The number of ether oxygens (including phenoxy) is 1. The van der Waals surface area contributed by atoms with Gasteiger partial charge < -0.3 is 20.5 Å². The summed E-state index contributed by atoms with van der Waals surface area (Å²) in [6.45, 7) is 0.524. The Labute approximate surface area is 134 Å². The minimum absolute atomic E-state index is 0.138. The number of amides is 1. The molecule has 1 aromatic rings. The van der Waals surface area contributed by atoms with Crippen LogP contribution in [0, 0.1) is 0 Å². The van der Waals surface area contributed by atoms with Crippen molar-refractivity contribution in [1.29, 1.82) is 0 Å². The van der Waals surface area contributed by atoms with E-state index >= 15 is 0 Å². The minimum Gasteiger partial charge on any atom is -0.481 e. The summed E-state index contributed by atoms with van der Waals surface area (Å²) in [6.07, 6.45) is 0.705. The SMILES string of the molecule is N[C@@H](CC(=O)O)C(=O)N1CCC[C@H]1C(=O)OCc1ccccc1. The summed E-state index contributed by atoms with van der Waals surface area (Å²) in [5.41, 5.74) is 6.46. The lowest BCUT2D eigenvalue weighted by molar-refractivity contribution is -0.155. The molecule has 0 saturated carbocycles. The lowest BCUT2D eigenvalue weighted by Crippen LogP contribution is -2.49. The Morgan fingerprint density at radius 2 is 2.00 bits per heavy atom. The van der Waals surface area contributed by atoms with Crippen LogP contribution in [0.5, 0.6) is 0 Å². The van der Waals surface area contributed by atoms with Crippen molar-refractivity contribution in [3.05, 3.63) is 35.9 Å². The van der Waals surface area contributed by atoms with Crippen molar-refractivity contribution in [2.24, 2.45) is 5.73 Å². The summed E-state index contributed by atoms with van der Waals surface area (Å²) in [7, 11) is 0. The number of rotatable bonds is 6. The Kier molecular flexibility index (Phi) is 5.70. The van der Waals surface area contributed by atoms with Crippen molar-refractivity contribution in [2.75, 3.05) is 6.54 Å². The Hall–Kier alpha value is -2.41. The molecule has 1 aromatic carbocycles. The van der Waals surface area contributed by atoms with Gasteiger partial charge in [-0.2, -0.15) is 0 Å². The lowest BCUT2D eigenvalue weighted by Gasteiger charge is -2.25. The number of carboxylic acids is 1. The molecule has 1 amide bonds. The highest BCUT2D eigenvalue weighted by Gasteiger charge is 2.37. The van der Waals surface area contributed by atoms with Crippen molar-refractivity contribution in [1.82, 2.24) is 4.90 Å². The molecular formula is C16H20N2O5. The Morgan fingerprint density at radius 3 is 2.65 bits per heavy atom. The fraction of sp³-hybridized carbons (Fsp3) is 0.438. The van der Waals surface area contributed by atoms with Crippen molar-refractivity contribution >= 4 is 17.8 Å². The smallest absolute Gasteiger partial charge is 0.329 e. The van der Waals surface area contributed by atoms with Gasteiger partial charge in [-0.1, -0.05) is 30.3 Å². The zero-order valence-electron chi connectivity index (χ0n) is 12.7. The molecule has 7 heteroatoms. The molecule has 0 spiro atoms. The maximum Gasteiger partial charge on any atom is 0.329 e. The van der Waals surface area contributed by atoms with Gasteiger partial charge in [0.1, 0.15) is 12.6 Å². The fourth-order valence-corrected chi connectivity index (χ4v) is 2.59. The van der Waals surface area contributed by atoms with E-state index in [4.69, 9.17) is 15.6 Å². The maximum atomic E-state index is 12.2. The van der Waals surface area contributed by atoms with E-state index in [1.807, 2.05) is 30.3 Å². The number of nitrogens with zero attached hydrogens (tertiary/aromatic N) is 1. The number of esters is 1. The second kappa shape index (κ2) is 7.73. The molecule has 23 heavy (non-hydrogen) atoms. The zero-order valence-corrected chi connectivity index (χ0v) is 12.7. The van der Waals surface area contributed by atoms with Crippen molar-refractivity contribution in [2.45, 2.75) is 38.0 Å². The number of hydrogen-bond acceptors (Lipinski definition) is 5. The third-order valence-electron chi connectivity index (χ3n) is 3.74. The molecule has 0 bridgehead atoms. The highest BCUT2D eigenvalue weighted by Crippen LogP contribution is 2.20. The predicted molar refractivity (Wildman–Crippen MR) is 81.2 cm³/mol. The van der Waals surface area contributed by atoms with Gasteiger partial charge in [-0.05, 0) is 18.4 Å². The molecule has 1 aliphatic heterocycles. The van der Waals surface area contributed by atoms with Crippen LogP contribution < -0.4 is 5.73 Å². The van der Waals surface area contributed by atoms with E-state index in [-0.39, 0.29) is 6.61 Å². The highest BCUT2D eigenvalue weighted by atomic mass is 16.5. The first-order chi connectivity index (χ1) is 11.0. The van der Waals surface area contributed by atoms with E-state index in [1.54, 1.807) is 0 Å². The molecule has 7 nitrogen and oxygen atoms in total. The van der Waals surface area contributed by atoms with Gasteiger partial charge >= 0.3 is 11.9 Å².